The molecule has 1 atom stereocenters. The van der Waals surface area contributed by atoms with Gasteiger partial charge in [0, 0.05) is 24.2 Å². The Balaban J connectivity index is 2.16. The molecule has 1 aromatic carbocycles. The van der Waals surface area contributed by atoms with Gasteiger partial charge in [0.15, 0.2) is 11.5 Å². The Morgan fingerprint density at radius 1 is 1.41 bits per heavy atom. The highest BCUT2D eigenvalue weighted by Gasteiger charge is 2.23. The minimum absolute atomic E-state index is 0.00632. The zero-order valence-corrected chi connectivity index (χ0v) is 13.9. The van der Waals surface area contributed by atoms with Crippen molar-refractivity contribution >= 4 is 11.6 Å². The second-order valence-electron chi connectivity index (χ2n) is 5.32. The second kappa shape index (κ2) is 8.58. The van der Waals surface area contributed by atoms with Gasteiger partial charge >= 0.3 is 0 Å². The van der Waals surface area contributed by atoms with Gasteiger partial charge in [0.05, 0.1) is 39.6 Å². The maximum Gasteiger partial charge on any atom is 0.162 e. The number of benzene rings is 1. The maximum atomic E-state index is 9.45. The van der Waals surface area contributed by atoms with E-state index in [9.17, 15) is 5.11 Å². The number of rotatable bonds is 7. The SMILES string of the molecule is CCCOc1cc(Cl)c(CN2CCOCC2CO)cc1OC. The lowest BCUT2D eigenvalue weighted by Crippen LogP contribution is -2.46. The molecule has 0 aliphatic carbocycles. The Morgan fingerprint density at radius 2 is 2.23 bits per heavy atom. The number of ether oxygens (including phenoxy) is 3. The van der Waals surface area contributed by atoms with E-state index in [1.54, 1.807) is 13.2 Å². The molecule has 1 aromatic rings. The number of methoxy groups -OCH3 is 1. The summed E-state index contributed by atoms with van der Waals surface area (Å²) in [6.07, 6.45) is 0.925. The van der Waals surface area contributed by atoms with Crippen LogP contribution in [0.2, 0.25) is 5.02 Å². The third-order valence-electron chi connectivity index (χ3n) is 3.73. The molecule has 0 saturated carbocycles. The molecule has 1 heterocycles. The first-order valence-corrected chi connectivity index (χ1v) is 7.99. The van der Waals surface area contributed by atoms with Crippen molar-refractivity contribution in [3.05, 3.63) is 22.7 Å². The molecule has 5 nitrogen and oxygen atoms in total. The number of hydrogen-bond donors (Lipinski definition) is 1. The number of halogens is 1. The first-order valence-electron chi connectivity index (χ1n) is 7.61. The predicted molar refractivity (Wildman–Crippen MR) is 85.9 cm³/mol. The van der Waals surface area contributed by atoms with E-state index >= 15 is 0 Å². The van der Waals surface area contributed by atoms with Gasteiger partial charge in [0.2, 0.25) is 0 Å². The van der Waals surface area contributed by atoms with E-state index in [4.69, 9.17) is 25.8 Å². The maximum absolute atomic E-state index is 9.45. The summed E-state index contributed by atoms with van der Waals surface area (Å²) in [7, 11) is 1.62. The fraction of sp³-hybridized carbons (Fsp3) is 0.625. The van der Waals surface area contributed by atoms with Crippen molar-refractivity contribution < 1.29 is 19.3 Å². The van der Waals surface area contributed by atoms with Crippen LogP contribution in [0.15, 0.2) is 12.1 Å². The van der Waals surface area contributed by atoms with Crippen LogP contribution in [-0.2, 0) is 11.3 Å². The van der Waals surface area contributed by atoms with Crippen LogP contribution in [0.25, 0.3) is 0 Å². The number of hydrogen-bond acceptors (Lipinski definition) is 5. The summed E-state index contributed by atoms with van der Waals surface area (Å²) in [5, 5.41) is 10.1. The molecule has 1 unspecified atom stereocenters. The third-order valence-corrected chi connectivity index (χ3v) is 4.08. The molecule has 0 bridgehead atoms. The van der Waals surface area contributed by atoms with Crippen molar-refractivity contribution in [2.75, 3.05) is 40.1 Å². The van der Waals surface area contributed by atoms with Crippen LogP contribution in [0.4, 0.5) is 0 Å². The lowest BCUT2D eigenvalue weighted by atomic mass is 10.1. The number of aliphatic hydroxyl groups excluding tert-OH is 1. The Bertz CT molecular complexity index is 483. The van der Waals surface area contributed by atoms with Crippen LogP contribution in [0.3, 0.4) is 0 Å². The van der Waals surface area contributed by atoms with Gasteiger partial charge in [0.1, 0.15) is 0 Å². The molecular formula is C16H24ClNO4. The average molecular weight is 330 g/mol. The molecule has 1 fully saturated rings. The molecule has 1 aliphatic rings. The summed E-state index contributed by atoms with van der Waals surface area (Å²) >= 11 is 6.39. The Morgan fingerprint density at radius 3 is 2.91 bits per heavy atom. The summed E-state index contributed by atoms with van der Waals surface area (Å²) in [4.78, 5) is 2.18. The first kappa shape index (κ1) is 17.3. The first-order chi connectivity index (χ1) is 10.7. The molecule has 124 valence electrons. The highest BCUT2D eigenvalue weighted by atomic mass is 35.5. The lowest BCUT2D eigenvalue weighted by Gasteiger charge is -2.34. The molecule has 0 spiro atoms. The Hall–Kier alpha value is -1.01. The van der Waals surface area contributed by atoms with Crippen molar-refractivity contribution in [2.24, 2.45) is 0 Å². The van der Waals surface area contributed by atoms with E-state index in [0.717, 1.165) is 18.5 Å². The minimum atomic E-state index is 0.00632. The molecular weight excluding hydrogens is 306 g/mol. The van der Waals surface area contributed by atoms with Crippen LogP contribution in [0, 0.1) is 0 Å². The molecule has 0 aromatic heterocycles. The quantitative estimate of drug-likeness (QED) is 0.832. The van der Waals surface area contributed by atoms with Crippen molar-refractivity contribution in [1.29, 1.82) is 0 Å². The van der Waals surface area contributed by atoms with Gasteiger partial charge in [-0.2, -0.15) is 0 Å². The summed E-state index contributed by atoms with van der Waals surface area (Å²) in [5.41, 5.74) is 0.961. The lowest BCUT2D eigenvalue weighted by molar-refractivity contribution is -0.0312. The van der Waals surface area contributed by atoms with Crippen molar-refractivity contribution in [3.8, 4) is 11.5 Å². The topological polar surface area (TPSA) is 51.2 Å². The third kappa shape index (κ3) is 4.26. The van der Waals surface area contributed by atoms with Gasteiger partial charge in [-0.25, -0.2) is 0 Å². The van der Waals surface area contributed by atoms with E-state index < -0.39 is 0 Å². The number of nitrogens with zero attached hydrogens (tertiary/aromatic N) is 1. The van der Waals surface area contributed by atoms with Crippen molar-refractivity contribution in [2.45, 2.75) is 25.9 Å². The predicted octanol–water partition coefficient (Wildman–Crippen LogP) is 2.33. The van der Waals surface area contributed by atoms with Crippen LogP contribution >= 0.6 is 11.6 Å². The van der Waals surface area contributed by atoms with E-state index in [2.05, 4.69) is 11.8 Å². The van der Waals surface area contributed by atoms with Crippen LogP contribution in [0.1, 0.15) is 18.9 Å². The van der Waals surface area contributed by atoms with Gasteiger partial charge in [-0.3, -0.25) is 4.90 Å². The number of aliphatic hydroxyl groups is 1. The van der Waals surface area contributed by atoms with Gasteiger partial charge in [-0.15, -0.1) is 0 Å². The smallest absolute Gasteiger partial charge is 0.162 e. The number of morpholine rings is 1. The largest absolute Gasteiger partial charge is 0.493 e. The molecule has 1 N–H and O–H groups in total. The molecule has 0 amide bonds. The fourth-order valence-electron chi connectivity index (χ4n) is 2.47. The molecule has 1 aliphatic heterocycles. The normalized spacial score (nSPS) is 19.2. The van der Waals surface area contributed by atoms with E-state index in [1.165, 1.54) is 0 Å². The molecule has 2 rings (SSSR count). The molecule has 0 radical (unpaired) electrons. The van der Waals surface area contributed by atoms with E-state index in [1.807, 2.05) is 6.07 Å². The molecule has 1 saturated heterocycles. The van der Waals surface area contributed by atoms with E-state index in [-0.39, 0.29) is 12.6 Å². The van der Waals surface area contributed by atoms with Crippen LogP contribution < -0.4 is 9.47 Å². The van der Waals surface area contributed by atoms with Crippen LogP contribution in [-0.4, -0.2) is 56.1 Å². The van der Waals surface area contributed by atoms with Crippen molar-refractivity contribution in [3.63, 3.8) is 0 Å². The monoisotopic (exact) mass is 329 g/mol. The van der Waals surface area contributed by atoms with E-state index in [0.29, 0.717) is 42.9 Å². The minimum Gasteiger partial charge on any atom is -0.493 e. The van der Waals surface area contributed by atoms with Gasteiger partial charge in [-0.1, -0.05) is 18.5 Å². The summed E-state index contributed by atoms with van der Waals surface area (Å²) in [6.45, 7) is 5.39. The standard InChI is InChI=1S/C16H24ClNO4/c1-3-5-22-16-8-14(17)12(7-15(16)20-2)9-18-4-6-21-11-13(18)10-19/h7-8,13,19H,3-6,9-11H2,1-2H3. The van der Waals surface area contributed by atoms with Gasteiger partial charge < -0.3 is 19.3 Å². The highest BCUT2D eigenvalue weighted by molar-refractivity contribution is 6.31. The van der Waals surface area contributed by atoms with Gasteiger partial charge in [-0.05, 0) is 18.1 Å². The Labute approximate surface area is 136 Å². The highest BCUT2D eigenvalue weighted by Crippen LogP contribution is 2.34. The van der Waals surface area contributed by atoms with Crippen molar-refractivity contribution in [1.82, 2.24) is 4.90 Å². The van der Waals surface area contributed by atoms with Gasteiger partial charge in [0.25, 0.3) is 0 Å². The zero-order chi connectivity index (χ0) is 15.9. The summed E-state index contributed by atoms with van der Waals surface area (Å²) in [6, 6.07) is 3.73. The average Bonchev–Trinajstić information content (AvgIpc) is 2.55. The van der Waals surface area contributed by atoms with Crippen LogP contribution in [0.5, 0.6) is 11.5 Å². The molecule has 22 heavy (non-hydrogen) atoms. The summed E-state index contributed by atoms with van der Waals surface area (Å²) < 4.78 is 16.5. The summed E-state index contributed by atoms with van der Waals surface area (Å²) in [5.74, 6) is 1.35. The molecule has 6 heteroatoms. The fourth-order valence-corrected chi connectivity index (χ4v) is 2.68. The Kier molecular flexibility index (Phi) is 6.76. The second-order valence-corrected chi connectivity index (χ2v) is 5.73. The zero-order valence-electron chi connectivity index (χ0n) is 13.2.